The zero-order chi connectivity index (χ0) is 17.5. The zero-order valence-electron chi connectivity index (χ0n) is 14.9. The maximum Gasteiger partial charge on any atom is 0.222 e. The molecule has 2 N–H and O–H groups in total. The first-order valence-corrected chi connectivity index (χ1v) is 8.97. The predicted octanol–water partition coefficient (Wildman–Crippen LogP) is 2.62. The minimum Gasteiger partial charge on any atom is -0.341 e. The Kier molecular flexibility index (Phi) is 7.18. The van der Waals surface area contributed by atoms with E-state index in [0.29, 0.717) is 24.9 Å². The van der Waals surface area contributed by atoms with Gasteiger partial charge in [-0.1, -0.05) is 26.0 Å². The Labute approximate surface area is 144 Å². The third-order valence-electron chi connectivity index (χ3n) is 4.77. The highest BCUT2D eigenvalue weighted by Gasteiger charge is 2.29. The number of halogens is 1. The van der Waals surface area contributed by atoms with E-state index in [1.165, 1.54) is 12.1 Å². The van der Waals surface area contributed by atoms with Gasteiger partial charge in [0.15, 0.2) is 0 Å². The molecule has 0 aliphatic carbocycles. The minimum atomic E-state index is -0.202. The van der Waals surface area contributed by atoms with Crippen LogP contribution in [0.15, 0.2) is 24.3 Å². The lowest BCUT2D eigenvalue weighted by Gasteiger charge is -2.34. The number of hydrogen-bond acceptors (Lipinski definition) is 3. The minimum absolute atomic E-state index is 0.202. The fraction of sp³-hybridized carbons (Fsp3) is 0.632. The third kappa shape index (κ3) is 5.28. The number of carbonyl (C=O) groups is 1. The molecule has 0 saturated carbocycles. The number of nitrogens with two attached hydrogens (primary N) is 1. The van der Waals surface area contributed by atoms with E-state index in [4.69, 9.17) is 5.73 Å². The van der Waals surface area contributed by atoms with Crippen molar-refractivity contribution in [1.82, 2.24) is 9.80 Å². The largest absolute Gasteiger partial charge is 0.341 e. The van der Waals surface area contributed by atoms with E-state index in [2.05, 4.69) is 18.7 Å². The van der Waals surface area contributed by atoms with Crippen LogP contribution in [0.4, 0.5) is 4.39 Å². The lowest BCUT2D eigenvalue weighted by Crippen LogP contribution is -2.45. The molecule has 5 heteroatoms. The summed E-state index contributed by atoms with van der Waals surface area (Å²) in [5, 5.41) is 0. The Bertz CT molecular complexity index is 518. The first-order valence-electron chi connectivity index (χ1n) is 8.97. The van der Waals surface area contributed by atoms with Crippen LogP contribution in [0.25, 0.3) is 0 Å². The van der Waals surface area contributed by atoms with Gasteiger partial charge in [0, 0.05) is 38.6 Å². The topological polar surface area (TPSA) is 49.6 Å². The molecule has 1 aromatic carbocycles. The second-order valence-electron chi connectivity index (χ2n) is 6.99. The van der Waals surface area contributed by atoms with Gasteiger partial charge in [-0.3, -0.25) is 9.69 Å². The van der Waals surface area contributed by atoms with E-state index >= 15 is 0 Å². The SMILES string of the molecule is CC(C)C1CN(C(=O)CCCN)CCCN1Cc1ccc(F)cc1. The number of benzene rings is 1. The zero-order valence-corrected chi connectivity index (χ0v) is 14.9. The monoisotopic (exact) mass is 335 g/mol. The average molecular weight is 335 g/mol. The molecule has 0 spiro atoms. The van der Waals surface area contributed by atoms with Crippen molar-refractivity contribution in [2.24, 2.45) is 11.7 Å². The standard InChI is InChI=1S/C19H30FN3O/c1-15(2)18-14-23(19(24)5-3-10-21)12-4-11-22(18)13-16-6-8-17(20)9-7-16/h6-9,15,18H,3-5,10-14,21H2,1-2H3. The van der Waals surface area contributed by atoms with Crippen LogP contribution in [0.1, 0.15) is 38.7 Å². The van der Waals surface area contributed by atoms with E-state index in [1.807, 2.05) is 17.0 Å². The van der Waals surface area contributed by atoms with Crippen molar-refractivity contribution in [2.45, 2.75) is 45.7 Å². The quantitative estimate of drug-likeness (QED) is 0.869. The van der Waals surface area contributed by atoms with Crippen LogP contribution in [0.3, 0.4) is 0 Å². The first kappa shape index (κ1) is 18.9. The third-order valence-corrected chi connectivity index (χ3v) is 4.77. The molecule has 1 atom stereocenters. The molecule has 0 aromatic heterocycles. The smallest absolute Gasteiger partial charge is 0.222 e. The maximum absolute atomic E-state index is 13.1. The van der Waals surface area contributed by atoms with Crippen molar-refractivity contribution in [3.63, 3.8) is 0 Å². The van der Waals surface area contributed by atoms with E-state index in [-0.39, 0.29) is 11.7 Å². The maximum atomic E-state index is 13.1. The molecule has 4 nitrogen and oxygen atoms in total. The van der Waals surface area contributed by atoms with Crippen LogP contribution in [-0.4, -0.2) is 47.9 Å². The highest BCUT2D eigenvalue weighted by molar-refractivity contribution is 5.76. The van der Waals surface area contributed by atoms with Crippen molar-refractivity contribution >= 4 is 5.91 Å². The molecule has 1 amide bonds. The van der Waals surface area contributed by atoms with E-state index in [9.17, 15) is 9.18 Å². The van der Waals surface area contributed by atoms with E-state index < -0.39 is 0 Å². The Balaban J connectivity index is 2.05. The number of hydrogen-bond donors (Lipinski definition) is 1. The van der Waals surface area contributed by atoms with Crippen LogP contribution in [0.5, 0.6) is 0 Å². The first-order chi connectivity index (χ1) is 11.5. The predicted molar refractivity (Wildman–Crippen MR) is 94.9 cm³/mol. The molecule has 1 aliphatic rings. The summed E-state index contributed by atoms with van der Waals surface area (Å²) in [6.07, 6.45) is 2.26. The van der Waals surface area contributed by atoms with Gasteiger partial charge in [-0.15, -0.1) is 0 Å². The van der Waals surface area contributed by atoms with Crippen LogP contribution in [0, 0.1) is 11.7 Å². The van der Waals surface area contributed by atoms with Crippen molar-refractivity contribution in [2.75, 3.05) is 26.2 Å². The van der Waals surface area contributed by atoms with Crippen molar-refractivity contribution in [3.8, 4) is 0 Å². The molecule has 1 aliphatic heterocycles. The molecule has 1 fully saturated rings. The Morgan fingerprint density at radius 3 is 2.62 bits per heavy atom. The lowest BCUT2D eigenvalue weighted by molar-refractivity contribution is -0.131. The molecular formula is C19H30FN3O. The Hall–Kier alpha value is -1.46. The van der Waals surface area contributed by atoms with E-state index in [1.54, 1.807) is 0 Å². The van der Waals surface area contributed by atoms with Gasteiger partial charge in [0.25, 0.3) is 0 Å². The second-order valence-corrected chi connectivity index (χ2v) is 6.99. The van der Waals surface area contributed by atoms with Crippen LogP contribution < -0.4 is 5.73 Å². The fourth-order valence-electron chi connectivity index (χ4n) is 3.35. The molecule has 24 heavy (non-hydrogen) atoms. The van der Waals surface area contributed by atoms with Crippen LogP contribution in [0.2, 0.25) is 0 Å². The normalized spacial score (nSPS) is 19.5. The molecular weight excluding hydrogens is 305 g/mol. The molecule has 0 bridgehead atoms. The van der Waals surface area contributed by atoms with Gasteiger partial charge in [-0.05, 0) is 43.0 Å². The van der Waals surface area contributed by atoms with Crippen molar-refractivity contribution in [1.29, 1.82) is 0 Å². The summed E-state index contributed by atoms with van der Waals surface area (Å²) in [6.45, 7) is 8.31. The number of carbonyl (C=O) groups excluding carboxylic acids is 1. The number of nitrogens with zero attached hydrogens (tertiary/aromatic N) is 2. The average Bonchev–Trinajstić information content (AvgIpc) is 2.77. The molecule has 0 radical (unpaired) electrons. The van der Waals surface area contributed by atoms with Crippen molar-refractivity contribution < 1.29 is 9.18 Å². The van der Waals surface area contributed by atoms with Crippen molar-refractivity contribution in [3.05, 3.63) is 35.6 Å². The van der Waals surface area contributed by atoms with Crippen LogP contribution >= 0.6 is 0 Å². The lowest BCUT2D eigenvalue weighted by atomic mass is 10.0. The summed E-state index contributed by atoms with van der Waals surface area (Å²) < 4.78 is 13.1. The van der Waals surface area contributed by atoms with Gasteiger partial charge < -0.3 is 10.6 Å². The van der Waals surface area contributed by atoms with Crippen LogP contribution in [-0.2, 0) is 11.3 Å². The molecule has 1 heterocycles. The highest BCUT2D eigenvalue weighted by atomic mass is 19.1. The summed E-state index contributed by atoms with van der Waals surface area (Å²) >= 11 is 0. The molecule has 134 valence electrons. The number of amides is 1. The van der Waals surface area contributed by atoms with Gasteiger partial charge in [0.05, 0.1) is 0 Å². The van der Waals surface area contributed by atoms with Gasteiger partial charge >= 0.3 is 0 Å². The molecule has 1 unspecified atom stereocenters. The van der Waals surface area contributed by atoms with Gasteiger partial charge in [0.2, 0.25) is 5.91 Å². The Morgan fingerprint density at radius 2 is 2.00 bits per heavy atom. The molecule has 2 rings (SSSR count). The molecule has 1 saturated heterocycles. The molecule has 1 aromatic rings. The summed E-state index contributed by atoms with van der Waals surface area (Å²) in [4.78, 5) is 16.8. The summed E-state index contributed by atoms with van der Waals surface area (Å²) in [5.41, 5.74) is 6.64. The Morgan fingerprint density at radius 1 is 1.29 bits per heavy atom. The number of rotatable bonds is 6. The van der Waals surface area contributed by atoms with Gasteiger partial charge in [-0.2, -0.15) is 0 Å². The fourth-order valence-corrected chi connectivity index (χ4v) is 3.35. The van der Waals surface area contributed by atoms with Gasteiger partial charge in [0.1, 0.15) is 5.82 Å². The van der Waals surface area contributed by atoms with E-state index in [0.717, 1.165) is 44.6 Å². The summed E-state index contributed by atoms with van der Waals surface area (Å²) in [5.74, 6) is 0.467. The summed E-state index contributed by atoms with van der Waals surface area (Å²) in [6, 6.07) is 7.04. The second kappa shape index (κ2) is 9.14. The van der Waals surface area contributed by atoms with Gasteiger partial charge in [-0.25, -0.2) is 4.39 Å². The highest BCUT2D eigenvalue weighted by Crippen LogP contribution is 2.20. The summed E-state index contributed by atoms with van der Waals surface area (Å²) in [7, 11) is 0.